The lowest BCUT2D eigenvalue weighted by Gasteiger charge is -2.20. The van der Waals surface area contributed by atoms with Crippen LogP contribution in [0.2, 0.25) is 0 Å². The van der Waals surface area contributed by atoms with Crippen molar-refractivity contribution in [2.24, 2.45) is 7.05 Å². The number of aryl methyl sites for hydroxylation is 1. The largest absolute Gasteiger partial charge is 0.489 e. The predicted octanol–water partition coefficient (Wildman–Crippen LogP) is 4.13. The van der Waals surface area contributed by atoms with E-state index in [1.54, 1.807) is 32.9 Å². The van der Waals surface area contributed by atoms with E-state index in [-0.39, 0.29) is 18.7 Å². The van der Waals surface area contributed by atoms with Gasteiger partial charge in [-0.3, -0.25) is 4.68 Å². The standard InChI is InChI=1S/C23H31FN4O4/c1-23(2,3)32-22(29)25-14-16(13-24)15-31-19-7-5-17(6-8-19)20-26-21(28(4)27-20)18-9-11-30-12-10-18/h5-8,13,18H,9-12,14-15H2,1-4H3,(H,25,29)/b16-13+. The molecule has 0 saturated carbocycles. The molecular weight excluding hydrogens is 415 g/mol. The van der Waals surface area contributed by atoms with Gasteiger partial charge >= 0.3 is 6.09 Å². The SMILES string of the molecule is Cn1nc(-c2ccc(OC/C(=C/F)CNC(=O)OC(C)(C)C)cc2)nc1C1CCOCC1. The van der Waals surface area contributed by atoms with E-state index in [2.05, 4.69) is 10.4 Å². The lowest BCUT2D eigenvalue weighted by atomic mass is 9.99. The Labute approximate surface area is 187 Å². The van der Waals surface area contributed by atoms with Crippen molar-refractivity contribution in [2.45, 2.75) is 45.1 Å². The highest BCUT2D eigenvalue weighted by molar-refractivity contribution is 5.68. The van der Waals surface area contributed by atoms with E-state index in [1.807, 2.05) is 23.9 Å². The number of carbonyl (C=O) groups excluding carboxylic acids is 1. The van der Waals surface area contributed by atoms with Gasteiger partial charge in [0.1, 0.15) is 23.8 Å². The Morgan fingerprint density at radius 1 is 1.28 bits per heavy atom. The molecule has 0 aliphatic carbocycles. The number of hydrogen-bond acceptors (Lipinski definition) is 6. The van der Waals surface area contributed by atoms with Crippen molar-refractivity contribution < 1.29 is 23.4 Å². The molecule has 3 rings (SSSR count). The van der Waals surface area contributed by atoms with Crippen LogP contribution < -0.4 is 10.1 Å². The smallest absolute Gasteiger partial charge is 0.407 e. The van der Waals surface area contributed by atoms with Crippen LogP contribution in [0.25, 0.3) is 11.4 Å². The van der Waals surface area contributed by atoms with E-state index < -0.39 is 11.7 Å². The van der Waals surface area contributed by atoms with E-state index in [4.69, 9.17) is 19.2 Å². The first-order valence-electron chi connectivity index (χ1n) is 10.7. The molecule has 1 fully saturated rings. The van der Waals surface area contributed by atoms with Gasteiger partial charge in [0.05, 0.1) is 6.33 Å². The van der Waals surface area contributed by atoms with Crippen molar-refractivity contribution in [1.29, 1.82) is 0 Å². The molecule has 174 valence electrons. The van der Waals surface area contributed by atoms with Crippen LogP contribution in [0, 0.1) is 0 Å². The second-order valence-corrected chi connectivity index (χ2v) is 8.74. The summed E-state index contributed by atoms with van der Waals surface area (Å²) in [6, 6.07) is 7.32. The van der Waals surface area contributed by atoms with Gasteiger partial charge in [-0.05, 0) is 57.9 Å². The highest BCUT2D eigenvalue weighted by Crippen LogP contribution is 2.27. The van der Waals surface area contributed by atoms with Gasteiger partial charge in [0.25, 0.3) is 0 Å². The number of nitrogens with one attached hydrogen (secondary N) is 1. The van der Waals surface area contributed by atoms with Crippen LogP contribution in [-0.4, -0.2) is 52.8 Å². The number of ether oxygens (including phenoxy) is 3. The minimum atomic E-state index is -0.615. The van der Waals surface area contributed by atoms with Crippen molar-refractivity contribution in [1.82, 2.24) is 20.1 Å². The van der Waals surface area contributed by atoms with E-state index >= 15 is 0 Å². The van der Waals surface area contributed by atoms with Crippen LogP contribution in [0.3, 0.4) is 0 Å². The van der Waals surface area contributed by atoms with E-state index in [1.165, 1.54) is 0 Å². The lowest BCUT2D eigenvalue weighted by Crippen LogP contribution is -2.34. The number of aromatic nitrogens is 3. The number of halogens is 1. The molecule has 0 bridgehead atoms. The second-order valence-electron chi connectivity index (χ2n) is 8.74. The average molecular weight is 447 g/mol. The normalized spacial score (nSPS) is 15.5. The minimum absolute atomic E-state index is 0.00137. The van der Waals surface area contributed by atoms with Crippen molar-refractivity contribution in [2.75, 3.05) is 26.4 Å². The molecule has 1 amide bonds. The molecular formula is C23H31FN4O4. The summed E-state index contributed by atoms with van der Waals surface area (Å²) in [4.78, 5) is 16.4. The quantitative estimate of drug-likeness (QED) is 0.688. The van der Waals surface area contributed by atoms with E-state index in [0.717, 1.165) is 37.4 Å². The highest BCUT2D eigenvalue weighted by atomic mass is 19.1. The molecule has 0 atom stereocenters. The van der Waals surface area contributed by atoms with Crippen molar-refractivity contribution in [3.8, 4) is 17.1 Å². The van der Waals surface area contributed by atoms with Crippen LogP contribution >= 0.6 is 0 Å². The first kappa shape index (κ1) is 23.7. The third-order valence-electron chi connectivity index (χ3n) is 4.93. The predicted molar refractivity (Wildman–Crippen MR) is 118 cm³/mol. The molecule has 1 aliphatic rings. The molecule has 1 N–H and O–H groups in total. The second kappa shape index (κ2) is 10.6. The summed E-state index contributed by atoms with van der Waals surface area (Å²) < 4.78 is 31.2. The summed E-state index contributed by atoms with van der Waals surface area (Å²) >= 11 is 0. The molecule has 2 heterocycles. The number of alkyl carbamates (subject to hydrolysis) is 1. The van der Waals surface area contributed by atoms with Crippen LogP contribution in [0.4, 0.5) is 9.18 Å². The zero-order valence-corrected chi connectivity index (χ0v) is 19.1. The Kier molecular flexibility index (Phi) is 7.84. The number of nitrogens with zero attached hydrogens (tertiary/aromatic N) is 3. The summed E-state index contributed by atoms with van der Waals surface area (Å²) in [5.74, 6) is 2.56. The fourth-order valence-corrected chi connectivity index (χ4v) is 3.33. The number of hydrogen-bond donors (Lipinski definition) is 1. The minimum Gasteiger partial charge on any atom is -0.489 e. The molecule has 2 aromatic rings. The molecule has 1 aromatic heterocycles. The number of carbonyl (C=O) groups is 1. The van der Waals surface area contributed by atoms with Crippen LogP contribution in [0.15, 0.2) is 36.2 Å². The molecule has 1 aliphatic heterocycles. The van der Waals surface area contributed by atoms with Crippen LogP contribution in [-0.2, 0) is 16.5 Å². The topological polar surface area (TPSA) is 87.5 Å². The first-order valence-corrected chi connectivity index (χ1v) is 10.7. The Morgan fingerprint density at radius 2 is 1.97 bits per heavy atom. The van der Waals surface area contributed by atoms with Gasteiger partial charge in [-0.15, -0.1) is 0 Å². The Morgan fingerprint density at radius 3 is 2.59 bits per heavy atom. The zero-order valence-electron chi connectivity index (χ0n) is 19.1. The monoisotopic (exact) mass is 446 g/mol. The summed E-state index contributed by atoms with van der Waals surface area (Å²) in [5, 5.41) is 7.07. The van der Waals surface area contributed by atoms with Gasteiger partial charge in [-0.2, -0.15) is 5.10 Å². The maximum Gasteiger partial charge on any atom is 0.407 e. The van der Waals surface area contributed by atoms with Gasteiger partial charge < -0.3 is 19.5 Å². The summed E-state index contributed by atoms with van der Waals surface area (Å²) in [7, 11) is 1.91. The van der Waals surface area contributed by atoms with Crippen LogP contribution in [0.5, 0.6) is 5.75 Å². The fourth-order valence-electron chi connectivity index (χ4n) is 3.33. The summed E-state index contributed by atoms with van der Waals surface area (Å²) in [5.41, 5.74) is 0.544. The lowest BCUT2D eigenvalue weighted by molar-refractivity contribution is 0.0531. The Bertz CT molecular complexity index is 928. The molecule has 8 nitrogen and oxygen atoms in total. The van der Waals surface area contributed by atoms with Crippen molar-refractivity contribution in [3.05, 3.63) is 42.0 Å². The Balaban J connectivity index is 1.54. The van der Waals surface area contributed by atoms with E-state index in [0.29, 0.717) is 23.8 Å². The van der Waals surface area contributed by atoms with Crippen molar-refractivity contribution in [3.63, 3.8) is 0 Å². The van der Waals surface area contributed by atoms with Gasteiger partial charge in [0, 0.05) is 43.9 Å². The van der Waals surface area contributed by atoms with Gasteiger partial charge in [0.2, 0.25) is 0 Å². The summed E-state index contributed by atoms with van der Waals surface area (Å²) in [6.45, 7) is 6.78. The fraction of sp³-hybridized carbons (Fsp3) is 0.522. The summed E-state index contributed by atoms with van der Waals surface area (Å²) in [6.07, 6.45) is 1.73. The van der Waals surface area contributed by atoms with Gasteiger partial charge in [-0.25, -0.2) is 14.2 Å². The number of amides is 1. The number of rotatable bonds is 7. The van der Waals surface area contributed by atoms with Gasteiger partial charge in [-0.1, -0.05) is 0 Å². The zero-order chi connectivity index (χ0) is 23.1. The maximum atomic E-state index is 13.2. The molecule has 1 saturated heterocycles. The highest BCUT2D eigenvalue weighted by Gasteiger charge is 2.22. The maximum absolute atomic E-state index is 13.2. The first-order chi connectivity index (χ1) is 15.2. The Hall–Kier alpha value is -2.94. The van der Waals surface area contributed by atoms with Crippen LogP contribution in [0.1, 0.15) is 45.4 Å². The molecule has 0 unspecified atom stereocenters. The molecule has 9 heteroatoms. The third kappa shape index (κ3) is 6.78. The van der Waals surface area contributed by atoms with E-state index in [9.17, 15) is 9.18 Å². The molecule has 1 aromatic carbocycles. The molecule has 0 spiro atoms. The molecule has 32 heavy (non-hydrogen) atoms. The molecule has 0 radical (unpaired) electrons. The average Bonchev–Trinajstić information content (AvgIpc) is 3.15. The van der Waals surface area contributed by atoms with Crippen molar-refractivity contribution >= 4 is 6.09 Å². The number of benzene rings is 1. The van der Waals surface area contributed by atoms with Gasteiger partial charge in [0.15, 0.2) is 5.82 Å². The third-order valence-corrected chi connectivity index (χ3v) is 4.93.